The summed E-state index contributed by atoms with van der Waals surface area (Å²) in [5, 5.41) is 0. The molecule has 0 heterocycles. The summed E-state index contributed by atoms with van der Waals surface area (Å²) >= 11 is 0. The second kappa shape index (κ2) is 10.7. The summed E-state index contributed by atoms with van der Waals surface area (Å²) in [5.74, 6) is 0. The van der Waals surface area contributed by atoms with Crippen LogP contribution in [0.15, 0.2) is 30.3 Å². The summed E-state index contributed by atoms with van der Waals surface area (Å²) in [5.41, 5.74) is 4.25. The second-order valence-corrected chi connectivity index (χ2v) is 1.08. The minimum absolute atomic E-state index is 0. The Bertz CT molecular complexity index is 80.8. The van der Waals surface area contributed by atoms with E-state index in [1.165, 1.54) is 0 Å². The van der Waals surface area contributed by atoms with Crippen molar-refractivity contribution in [3.05, 3.63) is 43.4 Å². The van der Waals surface area contributed by atoms with Crippen LogP contribution in [-0.2, 0) is 19.5 Å². The van der Waals surface area contributed by atoms with Crippen LogP contribution < -0.4 is 5.73 Å². The maximum Gasteiger partial charge on any atom is 2.00 e. The molecule has 2 N–H and O–H groups in total. The van der Waals surface area contributed by atoms with Gasteiger partial charge < -0.3 is 5.73 Å². The van der Waals surface area contributed by atoms with Gasteiger partial charge in [0, 0.05) is 0 Å². The van der Waals surface area contributed by atoms with E-state index in [4.69, 9.17) is 0 Å². The van der Waals surface area contributed by atoms with Gasteiger partial charge >= 0.3 is 19.5 Å². The monoisotopic (exact) mass is 171 g/mol. The molecule has 1 rings (SSSR count). The molecule has 0 fully saturated rings. The first-order valence-electron chi connectivity index (χ1n) is 2.32. The zero-order valence-electron chi connectivity index (χ0n) is 5.38. The molecule has 2 heteroatoms. The largest absolute Gasteiger partial charge is 2.00 e. The van der Waals surface area contributed by atoms with Crippen LogP contribution in [0.4, 0.5) is 0 Å². The molecule has 0 aromatic heterocycles. The van der Waals surface area contributed by atoms with Crippen LogP contribution in [0.3, 0.4) is 0 Å². The molecule has 0 saturated heterocycles. The minimum Gasteiger partial charge on any atom is -0.486 e. The maximum absolute atomic E-state index is 4.25. The van der Waals surface area contributed by atoms with E-state index >= 15 is 0 Å². The molecule has 0 aliphatic carbocycles. The fraction of sp³-hybridized carbons (Fsp3) is 0. The number of hydrogen-bond donors (Lipinski definition) is 1. The van der Waals surface area contributed by atoms with Crippen molar-refractivity contribution < 1.29 is 19.5 Å². The number of rotatable bonds is 0. The standard InChI is InChI=1S/C6H5.CH4N.Zn/c1-2-4-6-5-3-1;1-2;/h1-5H;1-2H2;/q2*-1;+2. The summed E-state index contributed by atoms with van der Waals surface area (Å²) in [6.07, 6.45) is 0. The van der Waals surface area contributed by atoms with Gasteiger partial charge in [-0.15, -0.1) is 0 Å². The van der Waals surface area contributed by atoms with E-state index in [0.717, 1.165) is 0 Å². The molecule has 1 nitrogen and oxygen atoms in total. The molecule has 1 aromatic rings. The third-order valence-electron chi connectivity index (χ3n) is 0.607. The Morgan fingerprint density at radius 1 is 1.00 bits per heavy atom. The molecule has 0 unspecified atom stereocenters. The van der Waals surface area contributed by atoms with Crippen molar-refractivity contribution in [1.82, 2.24) is 0 Å². The van der Waals surface area contributed by atoms with Crippen molar-refractivity contribution in [2.24, 2.45) is 5.73 Å². The van der Waals surface area contributed by atoms with Gasteiger partial charge in [-0.3, -0.25) is 7.05 Å². The summed E-state index contributed by atoms with van der Waals surface area (Å²) in [6, 6.07) is 12.5. The van der Waals surface area contributed by atoms with Gasteiger partial charge in [0.1, 0.15) is 0 Å². The molecule has 44 valence electrons. The molecular weight excluding hydrogens is 163 g/mol. The van der Waals surface area contributed by atoms with Crippen LogP contribution in [0.25, 0.3) is 0 Å². The van der Waals surface area contributed by atoms with Crippen molar-refractivity contribution in [3.8, 4) is 0 Å². The average Bonchev–Trinajstić information content (AvgIpc) is 1.96. The van der Waals surface area contributed by atoms with Crippen LogP contribution in [0.5, 0.6) is 0 Å². The van der Waals surface area contributed by atoms with Gasteiger partial charge in [0.25, 0.3) is 0 Å². The maximum atomic E-state index is 4.25. The van der Waals surface area contributed by atoms with E-state index in [-0.39, 0.29) is 19.5 Å². The Morgan fingerprint density at radius 3 is 1.56 bits per heavy atom. The quantitative estimate of drug-likeness (QED) is 0.462. The number of hydrogen-bond acceptors (Lipinski definition) is 1. The third kappa shape index (κ3) is 7.80. The first kappa shape index (κ1) is 11.6. The van der Waals surface area contributed by atoms with E-state index in [9.17, 15) is 0 Å². The normalized spacial score (nSPS) is 6.00. The van der Waals surface area contributed by atoms with Crippen molar-refractivity contribution in [1.29, 1.82) is 0 Å². The summed E-state index contributed by atoms with van der Waals surface area (Å²) in [6.45, 7) is 0. The van der Waals surface area contributed by atoms with Crippen molar-refractivity contribution in [2.45, 2.75) is 0 Å². The summed E-state index contributed by atoms with van der Waals surface area (Å²) in [4.78, 5) is 0. The molecular formula is C7H9NZn. The number of benzene rings is 1. The SMILES string of the molecule is [CH2-]N.[Zn+2].[c-]1ccccc1. The molecule has 0 saturated carbocycles. The molecule has 0 bridgehead atoms. The molecule has 0 atom stereocenters. The van der Waals surface area contributed by atoms with E-state index in [2.05, 4.69) is 18.8 Å². The first-order valence-corrected chi connectivity index (χ1v) is 2.32. The van der Waals surface area contributed by atoms with Gasteiger partial charge in [-0.05, 0) is 0 Å². The molecule has 1 aromatic carbocycles. The zero-order chi connectivity index (χ0) is 6.24. The fourth-order valence-electron chi connectivity index (χ4n) is 0.342. The van der Waals surface area contributed by atoms with Crippen LogP contribution in [-0.4, -0.2) is 0 Å². The second-order valence-electron chi connectivity index (χ2n) is 1.08. The van der Waals surface area contributed by atoms with Gasteiger partial charge in [0.2, 0.25) is 0 Å². The Hall–Kier alpha value is -0.197. The Labute approximate surface area is 69.0 Å². The molecule has 0 spiro atoms. The zero-order valence-corrected chi connectivity index (χ0v) is 8.35. The predicted molar refractivity (Wildman–Crippen MR) is 34.8 cm³/mol. The molecule has 0 aliphatic heterocycles. The Morgan fingerprint density at radius 2 is 1.44 bits per heavy atom. The van der Waals surface area contributed by atoms with Crippen LogP contribution >= 0.6 is 0 Å². The van der Waals surface area contributed by atoms with E-state index in [1.807, 2.05) is 30.3 Å². The van der Waals surface area contributed by atoms with E-state index in [0.29, 0.717) is 0 Å². The minimum atomic E-state index is 0. The van der Waals surface area contributed by atoms with E-state index in [1.54, 1.807) is 0 Å². The number of nitrogens with two attached hydrogens (primary N) is 1. The van der Waals surface area contributed by atoms with Gasteiger partial charge in [0.15, 0.2) is 0 Å². The Balaban J connectivity index is 0. The van der Waals surface area contributed by atoms with Crippen LogP contribution in [0, 0.1) is 13.1 Å². The summed E-state index contributed by atoms with van der Waals surface area (Å²) < 4.78 is 0. The smallest absolute Gasteiger partial charge is 0.486 e. The molecule has 9 heavy (non-hydrogen) atoms. The molecule has 0 aliphatic rings. The summed E-state index contributed by atoms with van der Waals surface area (Å²) in [7, 11) is 2.75. The van der Waals surface area contributed by atoms with Gasteiger partial charge in [0.05, 0.1) is 0 Å². The van der Waals surface area contributed by atoms with Crippen LogP contribution in [0.2, 0.25) is 0 Å². The van der Waals surface area contributed by atoms with Crippen molar-refractivity contribution >= 4 is 0 Å². The Kier molecular flexibility index (Phi) is 13.8. The predicted octanol–water partition coefficient (Wildman–Crippen LogP) is 1.22. The van der Waals surface area contributed by atoms with Gasteiger partial charge in [-0.2, -0.15) is 36.4 Å². The molecule has 0 radical (unpaired) electrons. The van der Waals surface area contributed by atoms with E-state index < -0.39 is 0 Å². The fourth-order valence-corrected chi connectivity index (χ4v) is 0.342. The van der Waals surface area contributed by atoms with Crippen molar-refractivity contribution in [2.75, 3.05) is 0 Å². The topological polar surface area (TPSA) is 26.0 Å². The van der Waals surface area contributed by atoms with Crippen LogP contribution in [0.1, 0.15) is 0 Å². The average molecular weight is 173 g/mol. The van der Waals surface area contributed by atoms with Gasteiger partial charge in [-0.25, -0.2) is 0 Å². The first-order chi connectivity index (χ1) is 4.00. The van der Waals surface area contributed by atoms with Gasteiger partial charge in [-0.1, -0.05) is 0 Å². The third-order valence-corrected chi connectivity index (χ3v) is 0.607. The van der Waals surface area contributed by atoms with Crippen molar-refractivity contribution in [3.63, 3.8) is 0 Å². The molecule has 0 amide bonds.